The second-order valence-electron chi connectivity index (χ2n) is 16.9. The fourth-order valence-electron chi connectivity index (χ4n) is 7.99. The summed E-state index contributed by atoms with van der Waals surface area (Å²) in [4.78, 5) is 81.2. The van der Waals surface area contributed by atoms with Crippen LogP contribution in [-0.2, 0) is 32.3 Å². The van der Waals surface area contributed by atoms with Crippen molar-refractivity contribution in [3.8, 4) is 22.5 Å². The van der Waals surface area contributed by atoms with Crippen LogP contribution in [0.2, 0.25) is 0 Å². The van der Waals surface area contributed by atoms with Gasteiger partial charge in [-0.1, -0.05) is 0 Å². The minimum absolute atomic E-state index is 0.00960. The zero-order valence-corrected chi connectivity index (χ0v) is 39.4. The number of carbonyl (C=O) groups excluding carboxylic acids is 2. The molecule has 0 saturated heterocycles. The van der Waals surface area contributed by atoms with Gasteiger partial charge in [-0.2, -0.15) is 10.2 Å². The zero-order chi connectivity index (χ0) is 50.6. The van der Waals surface area contributed by atoms with Gasteiger partial charge in [0.1, 0.15) is 11.4 Å². The molecule has 0 atom stereocenters. The molecule has 21 nitrogen and oxygen atoms in total. The summed E-state index contributed by atoms with van der Waals surface area (Å²) in [6, 6.07) is 11.8. The van der Waals surface area contributed by atoms with E-state index in [1.54, 1.807) is 36.9 Å². The van der Waals surface area contributed by atoms with Crippen LogP contribution in [0.15, 0.2) is 85.5 Å². The third kappa shape index (κ3) is 12.3. The molecule has 0 amide bonds. The van der Waals surface area contributed by atoms with Crippen molar-refractivity contribution in [2.45, 2.75) is 25.9 Å². The number of benzene rings is 2. The average Bonchev–Trinajstić information content (AvgIpc) is 3.89. The van der Waals surface area contributed by atoms with Crippen LogP contribution in [0.5, 0.6) is 0 Å². The lowest BCUT2D eigenvalue weighted by Gasteiger charge is -2.20. The van der Waals surface area contributed by atoms with E-state index in [1.165, 1.54) is 0 Å². The van der Waals surface area contributed by atoms with E-state index in [2.05, 4.69) is 54.5 Å². The predicted octanol–water partition coefficient (Wildman–Crippen LogP) is 4.38. The largest absolute Gasteiger partial charge is 0.478 e. The van der Waals surface area contributed by atoms with Crippen LogP contribution >= 0.6 is 0 Å². The number of likely N-dealkylation sites (N-methyl/N-ethyl adjacent to an activating group) is 2. The first-order valence-electron chi connectivity index (χ1n) is 22.3. The van der Waals surface area contributed by atoms with Crippen LogP contribution in [0.1, 0.15) is 44.7 Å². The van der Waals surface area contributed by atoms with Crippen LogP contribution < -0.4 is 10.6 Å². The van der Waals surface area contributed by atoms with Gasteiger partial charge in [0.2, 0.25) is 0 Å². The molecule has 21 heteroatoms. The Morgan fingerprint density at radius 2 is 0.914 bits per heavy atom. The van der Waals surface area contributed by atoms with Gasteiger partial charge in [0.25, 0.3) is 0 Å². The van der Waals surface area contributed by atoms with E-state index in [-0.39, 0.29) is 11.6 Å². The average molecular weight is 958 g/mol. The fraction of sp³-hybridized carbons (Fsp3) is 0.306. The number of carboxylic acid groups (broad SMARTS) is 4. The fourth-order valence-corrected chi connectivity index (χ4v) is 7.99. The van der Waals surface area contributed by atoms with Crippen molar-refractivity contribution < 1.29 is 49.2 Å². The van der Waals surface area contributed by atoms with Crippen LogP contribution in [0.25, 0.3) is 44.3 Å². The summed E-state index contributed by atoms with van der Waals surface area (Å²) in [5, 5.41) is 50.2. The van der Waals surface area contributed by atoms with Crippen molar-refractivity contribution in [3.05, 3.63) is 108 Å². The van der Waals surface area contributed by atoms with Gasteiger partial charge in [0.15, 0.2) is 11.6 Å². The highest BCUT2D eigenvalue weighted by Crippen LogP contribution is 2.43. The van der Waals surface area contributed by atoms with Crippen molar-refractivity contribution in [1.82, 2.24) is 44.2 Å². The molecule has 4 aromatic heterocycles. The number of hydrogen-bond donors (Lipinski definition) is 6. The Hall–Kier alpha value is -8.14. The first-order valence-corrected chi connectivity index (χ1v) is 22.3. The van der Waals surface area contributed by atoms with Crippen LogP contribution in [0.3, 0.4) is 0 Å². The maximum absolute atomic E-state index is 13.9. The summed E-state index contributed by atoms with van der Waals surface area (Å²) < 4.78 is 4.02. The highest BCUT2D eigenvalue weighted by Gasteiger charge is 2.33. The summed E-state index contributed by atoms with van der Waals surface area (Å²) in [6.07, 6.45) is 10.9. The molecule has 4 heterocycles. The quantitative estimate of drug-likeness (QED) is 0.0457. The molecular weight excluding hydrogens is 903 g/mol. The van der Waals surface area contributed by atoms with Crippen molar-refractivity contribution >= 4 is 68.6 Å². The Bertz CT molecular complexity index is 2780. The summed E-state index contributed by atoms with van der Waals surface area (Å²) in [6.45, 7) is 6.41. The van der Waals surface area contributed by atoms with E-state index in [1.807, 2.05) is 49.7 Å². The normalized spacial score (nSPS) is 12.3. The maximum Gasteiger partial charge on any atom is 0.328 e. The number of fused-ring (bicyclic) bond motifs is 4. The van der Waals surface area contributed by atoms with Crippen molar-refractivity contribution in [1.29, 1.82) is 0 Å². The Balaban J connectivity index is 0.000000433. The summed E-state index contributed by atoms with van der Waals surface area (Å²) in [7, 11) is 10.3. The Kier molecular flexibility index (Phi) is 17.0. The van der Waals surface area contributed by atoms with Gasteiger partial charge >= 0.3 is 23.9 Å². The number of nitrogens with zero attached hydrogens (tertiary/aromatic N) is 9. The predicted molar refractivity (Wildman–Crippen MR) is 262 cm³/mol. The Morgan fingerprint density at radius 1 is 0.543 bits per heavy atom. The second kappa shape index (κ2) is 23.2. The molecule has 0 spiro atoms. The Labute approximate surface area is 402 Å². The zero-order valence-electron chi connectivity index (χ0n) is 39.4. The molecule has 70 heavy (non-hydrogen) atoms. The molecule has 0 fully saturated rings. The van der Waals surface area contributed by atoms with Gasteiger partial charge < -0.3 is 45.8 Å². The molecule has 6 aromatic rings. The lowest BCUT2D eigenvalue weighted by Crippen LogP contribution is -2.24. The van der Waals surface area contributed by atoms with Crippen LogP contribution in [0, 0.1) is 0 Å². The van der Waals surface area contributed by atoms with E-state index in [4.69, 9.17) is 30.6 Å². The smallest absolute Gasteiger partial charge is 0.328 e. The van der Waals surface area contributed by atoms with Gasteiger partial charge in [-0.05, 0) is 97.6 Å². The number of hydrogen-bond acceptors (Lipinski definition) is 15. The van der Waals surface area contributed by atoms with Crippen molar-refractivity contribution in [2.24, 2.45) is 0 Å². The first kappa shape index (κ1) is 51.3. The van der Waals surface area contributed by atoms with E-state index >= 15 is 0 Å². The van der Waals surface area contributed by atoms with E-state index < -0.39 is 23.9 Å². The van der Waals surface area contributed by atoms with E-state index in [9.17, 15) is 28.8 Å². The third-order valence-corrected chi connectivity index (χ3v) is 11.3. The summed E-state index contributed by atoms with van der Waals surface area (Å²) >= 11 is 0. The Morgan fingerprint density at radius 3 is 1.26 bits per heavy atom. The monoisotopic (exact) mass is 957 g/mol. The minimum Gasteiger partial charge on any atom is -0.478 e. The van der Waals surface area contributed by atoms with E-state index in [0.29, 0.717) is 46.6 Å². The van der Waals surface area contributed by atoms with Crippen molar-refractivity contribution in [2.75, 3.05) is 85.1 Å². The van der Waals surface area contributed by atoms with Gasteiger partial charge in [0.05, 0.1) is 35.2 Å². The van der Waals surface area contributed by atoms with Gasteiger partial charge in [-0.15, -0.1) is 0 Å². The molecule has 0 bridgehead atoms. The SMILES string of the molecule is CN(C)CCn1nc2c3c(c(NCCCN(C)CCCNc4ccc5c6c(nn5CCN(C)C)-c5cnccc5C(=O)c46)ccc31)C(=O)c1ccncc1-2.O=C(O)/C=C\C(=O)O.O=C(O)/C=C\C(=O)O. The van der Waals surface area contributed by atoms with Crippen LogP contribution in [0.4, 0.5) is 11.4 Å². The lowest BCUT2D eigenvalue weighted by molar-refractivity contribution is -0.134. The molecule has 2 aliphatic carbocycles. The molecular formula is C49H55N11O10. The molecule has 366 valence electrons. The number of carboxylic acids is 4. The number of pyridine rings is 2. The van der Waals surface area contributed by atoms with Gasteiger partial charge in [0, 0.05) is 120 Å². The second-order valence-corrected chi connectivity index (χ2v) is 16.9. The molecule has 6 N–H and O–H groups in total. The third-order valence-electron chi connectivity index (χ3n) is 11.3. The standard InChI is InChI=1S/C41H47N11O2.2C4H4O4/c1-48(2)20-22-51-32-10-8-30(34-36(32)38(46-51)28-24-42-16-12-26(28)40(34)53)44-14-6-18-50(5)19-7-15-45-31-9-11-33-37-35(31)41(54)27-13-17-43-25-29(27)39(37)47-52(33)23-21-49(3)4;2*5-3(6)1-2-4(7)8/h8-13,16-17,24-25,44-45H,6-7,14-15,18-23H2,1-5H3;2*1-2H,(H,5,6)(H,7,8)/b;2*2-1-. The number of anilines is 2. The summed E-state index contributed by atoms with van der Waals surface area (Å²) in [5.74, 6) is -5.01. The molecule has 2 aromatic carbocycles. The number of ketones is 2. The number of carbonyl (C=O) groups is 6. The molecule has 8 rings (SSSR count). The highest BCUT2D eigenvalue weighted by molar-refractivity contribution is 6.28. The van der Waals surface area contributed by atoms with Crippen LogP contribution in [-0.4, -0.2) is 175 Å². The molecule has 0 aliphatic heterocycles. The number of aliphatic carboxylic acids is 4. The first-order chi connectivity index (χ1) is 33.5. The van der Waals surface area contributed by atoms with E-state index in [0.717, 1.165) is 121 Å². The van der Waals surface area contributed by atoms with Crippen molar-refractivity contribution in [3.63, 3.8) is 0 Å². The molecule has 2 aliphatic rings. The van der Waals surface area contributed by atoms with Gasteiger partial charge in [-0.3, -0.25) is 28.9 Å². The minimum atomic E-state index is -1.26. The number of nitrogens with one attached hydrogen (secondary N) is 2. The maximum atomic E-state index is 13.9. The highest BCUT2D eigenvalue weighted by atomic mass is 16.4. The van der Waals surface area contributed by atoms with Gasteiger partial charge in [-0.25, -0.2) is 19.2 Å². The molecule has 0 saturated carbocycles. The topological polar surface area (TPSA) is 279 Å². The lowest BCUT2D eigenvalue weighted by atomic mass is 9.87. The summed E-state index contributed by atoms with van der Waals surface area (Å²) in [5.41, 5.74) is 9.54. The number of aromatic nitrogens is 6. The molecule has 0 radical (unpaired) electrons. The molecule has 0 unspecified atom stereocenters. The number of rotatable bonds is 20.